The molecule has 0 saturated heterocycles. The van der Waals surface area contributed by atoms with Crippen LogP contribution in [0.5, 0.6) is 0 Å². The van der Waals surface area contributed by atoms with Gasteiger partial charge in [0.2, 0.25) is 0 Å². The second kappa shape index (κ2) is 7.11. The highest BCUT2D eigenvalue weighted by Crippen LogP contribution is 2.10. The van der Waals surface area contributed by atoms with E-state index in [1.807, 2.05) is 45.0 Å². The predicted molar refractivity (Wildman–Crippen MR) is 77.1 cm³/mol. The van der Waals surface area contributed by atoms with Gasteiger partial charge in [0.1, 0.15) is 0 Å². The number of carbonyl (C=O) groups is 1. The fraction of sp³-hybridized carbons (Fsp3) is 0.500. The van der Waals surface area contributed by atoms with E-state index >= 15 is 0 Å². The molecule has 0 heterocycles. The Morgan fingerprint density at radius 1 is 1.32 bits per heavy atom. The average molecular weight is 265 g/mol. The summed E-state index contributed by atoms with van der Waals surface area (Å²) >= 11 is 0. The third kappa shape index (κ3) is 5.72. The first-order chi connectivity index (χ1) is 8.96. The fourth-order valence-electron chi connectivity index (χ4n) is 1.63. The van der Waals surface area contributed by atoms with Gasteiger partial charge in [-0.15, -0.1) is 0 Å². The van der Waals surface area contributed by atoms with Crippen molar-refractivity contribution in [2.75, 3.05) is 18.5 Å². The molecule has 19 heavy (non-hydrogen) atoms. The molecule has 0 aromatic heterocycles. The second-order valence-electron chi connectivity index (χ2n) is 4.90. The molecule has 0 radical (unpaired) electrons. The maximum Gasteiger partial charge on any atom is 0.319 e. The standard InChI is InChI=1S/C14H23N3O2/c1-4-19-14(2,3)10-16-13(18)17-12-7-5-11(9-15)6-8-12/h5-8H,4,9-10,15H2,1-3H3,(H2,16,17,18). The summed E-state index contributed by atoms with van der Waals surface area (Å²) in [7, 11) is 0. The lowest BCUT2D eigenvalue weighted by Crippen LogP contribution is -2.42. The quantitative estimate of drug-likeness (QED) is 0.737. The van der Waals surface area contributed by atoms with Gasteiger partial charge in [-0.25, -0.2) is 4.79 Å². The van der Waals surface area contributed by atoms with E-state index < -0.39 is 0 Å². The van der Waals surface area contributed by atoms with E-state index in [0.29, 0.717) is 19.7 Å². The molecule has 0 fully saturated rings. The zero-order valence-corrected chi connectivity index (χ0v) is 11.8. The molecule has 0 atom stereocenters. The number of rotatable bonds is 6. The summed E-state index contributed by atoms with van der Waals surface area (Å²) < 4.78 is 5.50. The number of benzene rings is 1. The highest BCUT2D eigenvalue weighted by atomic mass is 16.5. The number of amides is 2. The Kier molecular flexibility index (Phi) is 5.79. The van der Waals surface area contributed by atoms with E-state index in [4.69, 9.17) is 10.5 Å². The molecule has 0 aliphatic carbocycles. The molecule has 5 nitrogen and oxygen atoms in total. The Morgan fingerprint density at radius 2 is 1.95 bits per heavy atom. The molecule has 106 valence electrons. The van der Waals surface area contributed by atoms with Crippen LogP contribution in [0.4, 0.5) is 10.5 Å². The summed E-state index contributed by atoms with van der Waals surface area (Å²) in [5.41, 5.74) is 6.92. The molecule has 1 rings (SSSR count). The summed E-state index contributed by atoms with van der Waals surface area (Å²) in [5.74, 6) is 0. The summed E-state index contributed by atoms with van der Waals surface area (Å²) in [4.78, 5) is 11.7. The van der Waals surface area contributed by atoms with Crippen LogP contribution in [0.2, 0.25) is 0 Å². The molecule has 1 aromatic rings. The molecule has 0 unspecified atom stereocenters. The number of ether oxygens (including phenoxy) is 1. The first-order valence-electron chi connectivity index (χ1n) is 6.44. The van der Waals surface area contributed by atoms with Crippen LogP contribution in [-0.4, -0.2) is 24.8 Å². The minimum atomic E-state index is -0.366. The lowest BCUT2D eigenvalue weighted by Gasteiger charge is -2.24. The molecule has 5 heteroatoms. The van der Waals surface area contributed by atoms with E-state index in [2.05, 4.69) is 10.6 Å². The molecule has 2 amide bonds. The van der Waals surface area contributed by atoms with Gasteiger partial charge in [0.25, 0.3) is 0 Å². The van der Waals surface area contributed by atoms with Crippen molar-refractivity contribution in [2.24, 2.45) is 5.73 Å². The Balaban J connectivity index is 2.42. The Bertz CT molecular complexity index is 402. The van der Waals surface area contributed by atoms with Gasteiger partial charge in [0, 0.05) is 25.4 Å². The number of urea groups is 1. The van der Waals surface area contributed by atoms with Gasteiger partial charge in [0.15, 0.2) is 0 Å². The van der Waals surface area contributed by atoms with Crippen molar-refractivity contribution < 1.29 is 9.53 Å². The van der Waals surface area contributed by atoms with E-state index in [1.165, 1.54) is 0 Å². The zero-order chi connectivity index (χ0) is 14.3. The normalized spacial score (nSPS) is 11.2. The van der Waals surface area contributed by atoms with Crippen molar-refractivity contribution in [1.82, 2.24) is 5.32 Å². The van der Waals surface area contributed by atoms with Gasteiger partial charge >= 0.3 is 6.03 Å². The Labute approximate surface area is 114 Å². The van der Waals surface area contributed by atoms with Crippen LogP contribution in [0.1, 0.15) is 26.3 Å². The van der Waals surface area contributed by atoms with Gasteiger partial charge in [0.05, 0.1) is 5.60 Å². The second-order valence-corrected chi connectivity index (χ2v) is 4.90. The third-order valence-corrected chi connectivity index (χ3v) is 2.66. The summed E-state index contributed by atoms with van der Waals surface area (Å²) in [5, 5.41) is 5.55. The number of nitrogens with two attached hydrogens (primary N) is 1. The van der Waals surface area contributed by atoms with Crippen LogP contribution < -0.4 is 16.4 Å². The Hall–Kier alpha value is -1.59. The first kappa shape index (κ1) is 15.5. The highest BCUT2D eigenvalue weighted by molar-refractivity contribution is 5.89. The van der Waals surface area contributed by atoms with Gasteiger partial charge in [-0.1, -0.05) is 12.1 Å². The maximum absolute atomic E-state index is 11.7. The third-order valence-electron chi connectivity index (χ3n) is 2.66. The van der Waals surface area contributed by atoms with Crippen LogP contribution >= 0.6 is 0 Å². The molecule has 0 spiro atoms. The SMILES string of the molecule is CCOC(C)(C)CNC(=O)Nc1ccc(CN)cc1. The highest BCUT2D eigenvalue weighted by Gasteiger charge is 2.18. The first-order valence-corrected chi connectivity index (χ1v) is 6.44. The number of nitrogens with one attached hydrogen (secondary N) is 2. The minimum Gasteiger partial charge on any atom is -0.374 e. The molecule has 1 aromatic carbocycles. The van der Waals surface area contributed by atoms with Crippen molar-refractivity contribution in [3.05, 3.63) is 29.8 Å². The van der Waals surface area contributed by atoms with E-state index in [0.717, 1.165) is 11.3 Å². The number of hydrogen-bond donors (Lipinski definition) is 3. The summed E-state index contributed by atoms with van der Waals surface area (Å²) in [6.07, 6.45) is 0. The van der Waals surface area contributed by atoms with Crippen molar-refractivity contribution in [3.63, 3.8) is 0 Å². The minimum absolute atomic E-state index is 0.242. The lowest BCUT2D eigenvalue weighted by atomic mass is 10.1. The number of carbonyl (C=O) groups excluding carboxylic acids is 1. The maximum atomic E-state index is 11.7. The van der Waals surface area contributed by atoms with Crippen molar-refractivity contribution in [1.29, 1.82) is 0 Å². The molecular weight excluding hydrogens is 242 g/mol. The molecule has 0 bridgehead atoms. The van der Waals surface area contributed by atoms with Gasteiger partial charge in [-0.2, -0.15) is 0 Å². The fourth-order valence-corrected chi connectivity index (χ4v) is 1.63. The molecular formula is C14H23N3O2. The van der Waals surface area contributed by atoms with Gasteiger partial charge in [-0.05, 0) is 38.5 Å². The van der Waals surface area contributed by atoms with E-state index in [9.17, 15) is 4.79 Å². The largest absolute Gasteiger partial charge is 0.374 e. The molecule has 0 aliphatic heterocycles. The van der Waals surface area contributed by atoms with Crippen LogP contribution in [0.25, 0.3) is 0 Å². The van der Waals surface area contributed by atoms with Gasteiger partial charge in [-0.3, -0.25) is 0 Å². The van der Waals surface area contributed by atoms with Gasteiger partial charge < -0.3 is 21.1 Å². The number of hydrogen-bond acceptors (Lipinski definition) is 3. The molecule has 4 N–H and O–H groups in total. The van der Waals surface area contributed by atoms with Crippen LogP contribution in [-0.2, 0) is 11.3 Å². The smallest absolute Gasteiger partial charge is 0.319 e. The Morgan fingerprint density at radius 3 is 2.47 bits per heavy atom. The van der Waals surface area contributed by atoms with Crippen molar-refractivity contribution in [3.8, 4) is 0 Å². The van der Waals surface area contributed by atoms with Crippen LogP contribution in [0.15, 0.2) is 24.3 Å². The van der Waals surface area contributed by atoms with E-state index in [1.54, 1.807) is 0 Å². The van der Waals surface area contributed by atoms with E-state index in [-0.39, 0.29) is 11.6 Å². The van der Waals surface area contributed by atoms with Crippen LogP contribution in [0.3, 0.4) is 0 Å². The summed E-state index contributed by atoms with van der Waals surface area (Å²) in [6, 6.07) is 7.19. The zero-order valence-electron chi connectivity index (χ0n) is 11.8. The predicted octanol–water partition coefficient (Wildman–Crippen LogP) is 2.08. The lowest BCUT2D eigenvalue weighted by molar-refractivity contribution is -0.00662. The molecule has 0 saturated carbocycles. The topological polar surface area (TPSA) is 76.4 Å². The molecule has 0 aliphatic rings. The average Bonchev–Trinajstić information content (AvgIpc) is 2.37. The monoisotopic (exact) mass is 265 g/mol. The van der Waals surface area contributed by atoms with Crippen molar-refractivity contribution in [2.45, 2.75) is 32.9 Å². The van der Waals surface area contributed by atoms with Crippen LogP contribution in [0, 0.1) is 0 Å². The number of anilines is 1. The summed E-state index contributed by atoms with van der Waals surface area (Å²) in [6.45, 7) is 7.37. The van der Waals surface area contributed by atoms with Crippen molar-refractivity contribution >= 4 is 11.7 Å².